The molecule has 0 unspecified atom stereocenters. The van der Waals surface area contributed by atoms with Gasteiger partial charge in [-0.2, -0.15) is 0 Å². The van der Waals surface area contributed by atoms with Gasteiger partial charge in [0.2, 0.25) is 5.95 Å². The monoisotopic (exact) mass is 381 g/mol. The molecule has 4 rings (SSSR count). The normalized spacial score (nSPS) is 20.9. The minimum atomic E-state index is -0.141. The van der Waals surface area contributed by atoms with Gasteiger partial charge in [0.25, 0.3) is 5.91 Å². The van der Waals surface area contributed by atoms with Crippen molar-refractivity contribution in [2.24, 2.45) is 0 Å². The SMILES string of the molecule is CN(C)c1ccc(C(=O)N2CCC3(CC2)C[C@@H](Nc2ncccn2)CO3)cc1. The van der Waals surface area contributed by atoms with Gasteiger partial charge in [0.15, 0.2) is 0 Å². The predicted octanol–water partition coefficient (Wildman–Crippen LogP) is 2.42. The highest BCUT2D eigenvalue weighted by Gasteiger charge is 2.43. The molecule has 1 amide bonds. The second kappa shape index (κ2) is 7.75. The standard InChI is InChI=1S/C21H27N5O2/c1-25(2)18-6-4-16(5-7-18)19(27)26-12-8-21(9-13-26)14-17(15-28-21)24-20-22-10-3-11-23-20/h3-7,10-11,17H,8-9,12-15H2,1-2H3,(H,22,23,24)/t17-/m1/s1. The van der Waals surface area contributed by atoms with Crippen molar-refractivity contribution in [1.29, 1.82) is 0 Å². The molecule has 1 aromatic carbocycles. The maximum Gasteiger partial charge on any atom is 0.253 e. The fourth-order valence-corrected chi connectivity index (χ4v) is 4.04. The van der Waals surface area contributed by atoms with E-state index < -0.39 is 0 Å². The number of carbonyl (C=O) groups is 1. The number of rotatable bonds is 4. The van der Waals surface area contributed by atoms with Crippen molar-refractivity contribution in [1.82, 2.24) is 14.9 Å². The first-order valence-electron chi connectivity index (χ1n) is 9.79. The van der Waals surface area contributed by atoms with Crippen molar-refractivity contribution < 1.29 is 9.53 Å². The molecule has 2 aliphatic rings. The van der Waals surface area contributed by atoms with E-state index in [-0.39, 0.29) is 17.6 Å². The van der Waals surface area contributed by atoms with Gasteiger partial charge in [-0.05, 0) is 49.6 Å². The molecule has 2 fully saturated rings. The molecule has 1 spiro atoms. The molecule has 2 saturated heterocycles. The Hall–Kier alpha value is -2.67. The van der Waals surface area contributed by atoms with Gasteiger partial charge in [0.05, 0.1) is 18.2 Å². The van der Waals surface area contributed by atoms with Gasteiger partial charge in [-0.3, -0.25) is 4.79 Å². The Bertz CT molecular complexity index is 801. The molecular weight excluding hydrogens is 354 g/mol. The number of hydrogen-bond donors (Lipinski definition) is 1. The molecule has 1 N–H and O–H groups in total. The summed E-state index contributed by atoms with van der Waals surface area (Å²) in [5.74, 6) is 0.743. The van der Waals surface area contributed by atoms with Crippen molar-refractivity contribution in [2.75, 3.05) is 44.0 Å². The van der Waals surface area contributed by atoms with Crippen molar-refractivity contribution >= 4 is 17.5 Å². The van der Waals surface area contributed by atoms with Crippen LogP contribution in [0.3, 0.4) is 0 Å². The van der Waals surface area contributed by atoms with Gasteiger partial charge in [-0.1, -0.05) is 0 Å². The second-order valence-electron chi connectivity index (χ2n) is 7.85. The topological polar surface area (TPSA) is 70.6 Å². The molecule has 0 bridgehead atoms. The number of nitrogens with one attached hydrogen (secondary N) is 1. The van der Waals surface area contributed by atoms with E-state index in [1.54, 1.807) is 18.5 Å². The third kappa shape index (κ3) is 3.94. The predicted molar refractivity (Wildman–Crippen MR) is 109 cm³/mol. The summed E-state index contributed by atoms with van der Waals surface area (Å²) in [6, 6.07) is 9.81. The Kier molecular flexibility index (Phi) is 5.17. The molecule has 3 heterocycles. The maximum atomic E-state index is 12.8. The van der Waals surface area contributed by atoms with Gasteiger partial charge in [0.1, 0.15) is 0 Å². The molecule has 0 aliphatic carbocycles. The van der Waals surface area contributed by atoms with E-state index in [0.717, 1.165) is 43.6 Å². The highest BCUT2D eigenvalue weighted by Crippen LogP contribution is 2.37. The minimum absolute atomic E-state index is 0.102. The van der Waals surface area contributed by atoms with E-state index in [0.29, 0.717) is 12.6 Å². The van der Waals surface area contributed by atoms with Crippen LogP contribution in [0.25, 0.3) is 0 Å². The number of piperidine rings is 1. The average molecular weight is 381 g/mol. The fraction of sp³-hybridized carbons (Fsp3) is 0.476. The van der Waals surface area contributed by atoms with E-state index in [2.05, 4.69) is 15.3 Å². The minimum Gasteiger partial charge on any atom is -0.378 e. The molecule has 1 aromatic heterocycles. The largest absolute Gasteiger partial charge is 0.378 e. The van der Waals surface area contributed by atoms with E-state index in [1.807, 2.05) is 48.2 Å². The molecule has 7 nitrogen and oxygen atoms in total. The van der Waals surface area contributed by atoms with Crippen LogP contribution >= 0.6 is 0 Å². The third-order valence-electron chi connectivity index (χ3n) is 5.70. The summed E-state index contributed by atoms with van der Waals surface area (Å²) in [6.45, 7) is 2.10. The molecule has 1 atom stereocenters. The molecule has 2 aromatic rings. The number of benzene rings is 1. The summed E-state index contributed by atoms with van der Waals surface area (Å²) >= 11 is 0. The zero-order valence-corrected chi connectivity index (χ0v) is 16.5. The van der Waals surface area contributed by atoms with Gasteiger partial charge >= 0.3 is 0 Å². The third-order valence-corrected chi connectivity index (χ3v) is 5.70. The van der Waals surface area contributed by atoms with Gasteiger partial charge < -0.3 is 19.9 Å². The molecule has 2 aliphatic heterocycles. The average Bonchev–Trinajstić information content (AvgIpc) is 3.11. The Balaban J connectivity index is 1.32. The smallest absolute Gasteiger partial charge is 0.253 e. The number of ether oxygens (including phenoxy) is 1. The van der Waals surface area contributed by atoms with Crippen molar-refractivity contribution in [3.8, 4) is 0 Å². The lowest BCUT2D eigenvalue weighted by Crippen LogP contribution is -2.46. The number of amides is 1. The van der Waals surface area contributed by atoms with Crippen molar-refractivity contribution in [3.05, 3.63) is 48.3 Å². The van der Waals surface area contributed by atoms with Crippen molar-refractivity contribution in [3.63, 3.8) is 0 Å². The molecule has 148 valence electrons. The van der Waals surface area contributed by atoms with Crippen LogP contribution in [0, 0.1) is 0 Å². The summed E-state index contributed by atoms with van der Waals surface area (Å²) in [5.41, 5.74) is 1.70. The number of likely N-dealkylation sites (tertiary alicyclic amines) is 1. The Morgan fingerprint density at radius 2 is 1.86 bits per heavy atom. The van der Waals surface area contributed by atoms with Crippen LogP contribution in [0.5, 0.6) is 0 Å². The van der Waals surface area contributed by atoms with Crippen LogP contribution in [0.4, 0.5) is 11.6 Å². The Labute approximate surface area is 165 Å². The van der Waals surface area contributed by atoms with E-state index in [4.69, 9.17) is 4.74 Å². The molecule has 0 radical (unpaired) electrons. The van der Waals surface area contributed by atoms with Gasteiger partial charge in [-0.25, -0.2) is 9.97 Å². The Morgan fingerprint density at radius 3 is 2.50 bits per heavy atom. The number of hydrogen-bond acceptors (Lipinski definition) is 6. The summed E-state index contributed by atoms with van der Waals surface area (Å²) < 4.78 is 6.18. The zero-order valence-electron chi connectivity index (χ0n) is 16.5. The number of aromatic nitrogens is 2. The van der Waals surface area contributed by atoms with Crippen molar-refractivity contribution in [2.45, 2.75) is 30.9 Å². The quantitative estimate of drug-likeness (QED) is 0.877. The summed E-state index contributed by atoms with van der Waals surface area (Å²) in [7, 11) is 3.99. The van der Waals surface area contributed by atoms with Crippen LogP contribution in [0.2, 0.25) is 0 Å². The Morgan fingerprint density at radius 1 is 1.18 bits per heavy atom. The molecular formula is C21H27N5O2. The molecule has 0 saturated carbocycles. The highest BCUT2D eigenvalue weighted by molar-refractivity contribution is 5.94. The lowest BCUT2D eigenvalue weighted by Gasteiger charge is -2.38. The summed E-state index contributed by atoms with van der Waals surface area (Å²) in [5, 5.41) is 3.35. The van der Waals surface area contributed by atoms with Crippen LogP contribution in [0.15, 0.2) is 42.7 Å². The van der Waals surface area contributed by atoms with Gasteiger partial charge in [-0.15, -0.1) is 0 Å². The first kappa shape index (κ1) is 18.7. The first-order valence-corrected chi connectivity index (χ1v) is 9.79. The zero-order chi connectivity index (χ0) is 19.6. The molecule has 7 heteroatoms. The fourth-order valence-electron chi connectivity index (χ4n) is 4.04. The van der Waals surface area contributed by atoms with E-state index in [1.165, 1.54) is 0 Å². The van der Waals surface area contributed by atoms with Crippen LogP contribution in [0.1, 0.15) is 29.6 Å². The van der Waals surface area contributed by atoms with E-state index >= 15 is 0 Å². The van der Waals surface area contributed by atoms with Crippen LogP contribution in [-0.4, -0.2) is 66.2 Å². The lowest BCUT2D eigenvalue weighted by atomic mass is 9.87. The summed E-state index contributed by atoms with van der Waals surface area (Å²) in [6.07, 6.45) is 6.11. The molecule has 28 heavy (non-hydrogen) atoms. The number of nitrogens with zero attached hydrogens (tertiary/aromatic N) is 4. The highest BCUT2D eigenvalue weighted by atomic mass is 16.5. The number of carbonyl (C=O) groups excluding carboxylic acids is 1. The van der Waals surface area contributed by atoms with Crippen LogP contribution in [-0.2, 0) is 4.74 Å². The van der Waals surface area contributed by atoms with Gasteiger partial charge in [0, 0.05) is 50.8 Å². The van der Waals surface area contributed by atoms with Crippen LogP contribution < -0.4 is 10.2 Å². The summed E-state index contributed by atoms with van der Waals surface area (Å²) in [4.78, 5) is 25.3. The first-order chi connectivity index (χ1) is 13.5. The second-order valence-corrected chi connectivity index (χ2v) is 7.85. The number of anilines is 2. The van der Waals surface area contributed by atoms with E-state index in [9.17, 15) is 4.79 Å². The lowest BCUT2D eigenvalue weighted by molar-refractivity contribution is -0.0388. The maximum absolute atomic E-state index is 12.8.